The molecule has 0 heterocycles. The molecule has 0 saturated heterocycles. The second-order valence-electron chi connectivity index (χ2n) is 6.18. The van der Waals surface area contributed by atoms with E-state index in [4.69, 9.17) is 5.26 Å². The van der Waals surface area contributed by atoms with E-state index in [1.165, 1.54) is 19.3 Å². The van der Waals surface area contributed by atoms with Crippen LogP contribution >= 0.6 is 0 Å². The summed E-state index contributed by atoms with van der Waals surface area (Å²) in [6.45, 7) is 0. The highest BCUT2D eigenvalue weighted by Gasteiger charge is 2.56. The van der Waals surface area contributed by atoms with Crippen LogP contribution < -0.4 is 0 Å². The van der Waals surface area contributed by atoms with Crippen LogP contribution in [0.4, 0.5) is 0 Å². The Labute approximate surface area is 95.4 Å². The van der Waals surface area contributed by atoms with E-state index in [1.54, 1.807) is 0 Å². The molecule has 0 aromatic rings. The first-order chi connectivity index (χ1) is 7.63. The fourth-order valence-corrected chi connectivity index (χ4v) is 4.99. The predicted molar refractivity (Wildman–Crippen MR) is 57.3 cm³/mol. The van der Waals surface area contributed by atoms with Gasteiger partial charge < -0.3 is 5.11 Å². The molecule has 4 aliphatic rings. The second kappa shape index (κ2) is 3.23. The lowest BCUT2D eigenvalue weighted by Gasteiger charge is -2.57. The topological polar surface area (TPSA) is 61.1 Å². The largest absolute Gasteiger partial charge is 0.480 e. The van der Waals surface area contributed by atoms with Crippen molar-refractivity contribution >= 4 is 5.97 Å². The van der Waals surface area contributed by atoms with Crippen molar-refractivity contribution in [2.75, 3.05) is 0 Å². The van der Waals surface area contributed by atoms with Gasteiger partial charge in [0.25, 0.3) is 0 Å². The van der Waals surface area contributed by atoms with Crippen LogP contribution in [0.5, 0.6) is 0 Å². The Morgan fingerprint density at radius 1 is 1.19 bits per heavy atom. The number of nitriles is 1. The van der Waals surface area contributed by atoms with E-state index in [-0.39, 0.29) is 5.41 Å². The van der Waals surface area contributed by atoms with Crippen LogP contribution in [0.15, 0.2) is 0 Å². The Hall–Kier alpha value is -1.04. The third-order valence-electron chi connectivity index (χ3n) is 5.07. The minimum Gasteiger partial charge on any atom is -0.480 e. The van der Waals surface area contributed by atoms with Crippen LogP contribution in [0.2, 0.25) is 0 Å². The molecule has 0 aromatic heterocycles. The van der Waals surface area contributed by atoms with Gasteiger partial charge in [0.2, 0.25) is 0 Å². The molecular weight excluding hydrogens is 202 g/mol. The summed E-state index contributed by atoms with van der Waals surface area (Å²) in [4.78, 5) is 11.2. The van der Waals surface area contributed by atoms with Gasteiger partial charge in [-0.3, -0.25) is 4.79 Å². The van der Waals surface area contributed by atoms with E-state index in [0.717, 1.165) is 19.3 Å². The summed E-state index contributed by atoms with van der Waals surface area (Å²) in [5.74, 6) is 0.467. The third-order valence-corrected chi connectivity index (χ3v) is 5.07. The molecule has 0 aliphatic heterocycles. The first kappa shape index (κ1) is 10.1. The summed E-state index contributed by atoms with van der Waals surface area (Å²) in [6.07, 6.45) is 6.83. The fourth-order valence-electron chi connectivity index (χ4n) is 4.99. The lowest BCUT2D eigenvalue weighted by atomic mass is 9.46. The highest BCUT2D eigenvalue weighted by molar-refractivity contribution is 5.74. The number of carboxylic acids is 1. The molecule has 4 fully saturated rings. The van der Waals surface area contributed by atoms with Crippen LogP contribution in [-0.2, 0) is 4.79 Å². The number of hydrogen-bond donors (Lipinski definition) is 1. The molecule has 0 radical (unpaired) electrons. The van der Waals surface area contributed by atoms with Crippen LogP contribution in [0.25, 0.3) is 0 Å². The van der Waals surface area contributed by atoms with Gasteiger partial charge in [-0.05, 0) is 61.7 Å². The smallest absolute Gasteiger partial charge is 0.321 e. The molecule has 1 N–H and O–H groups in total. The predicted octanol–water partition coefficient (Wildman–Crippen LogP) is 2.43. The van der Waals surface area contributed by atoms with Crippen molar-refractivity contribution in [1.82, 2.24) is 0 Å². The number of aliphatic carboxylic acids is 1. The maximum Gasteiger partial charge on any atom is 0.321 e. The molecule has 16 heavy (non-hydrogen) atoms. The summed E-state index contributed by atoms with van der Waals surface area (Å²) < 4.78 is 0. The molecule has 86 valence electrons. The monoisotopic (exact) mass is 219 g/mol. The summed E-state index contributed by atoms with van der Waals surface area (Å²) in [5.41, 5.74) is -0.171. The highest BCUT2D eigenvalue weighted by Crippen LogP contribution is 2.62. The zero-order valence-corrected chi connectivity index (χ0v) is 9.35. The minimum absolute atomic E-state index is 0.171. The number of carboxylic acid groups (broad SMARTS) is 1. The Kier molecular flexibility index (Phi) is 2.04. The molecule has 1 unspecified atom stereocenters. The molecular formula is C13H17NO2. The Morgan fingerprint density at radius 3 is 1.94 bits per heavy atom. The number of rotatable bonds is 2. The fraction of sp³-hybridized carbons (Fsp3) is 0.846. The van der Waals surface area contributed by atoms with Gasteiger partial charge in [0.1, 0.15) is 5.92 Å². The van der Waals surface area contributed by atoms with Crippen molar-refractivity contribution in [3.63, 3.8) is 0 Å². The number of carbonyl (C=O) groups is 1. The Bertz CT molecular complexity index is 333. The summed E-state index contributed by atoms with van der Waals surface area (Å²) in [7, 11) is 0. The van der Waals surface area contributed by atoms with Gasteiger partial charge >= 0.3 is 5.97 Å². The maximum absolute atomic E-state index is 11.2. The van der Waals surface area contributed by atoms with Crippen molar-refractivity contribution in [3.8, 4) is 6.07 Å². The van der Waals surface area contributed by atoms with Crippen LogP contribution in [0.1, 0.15) is 38.5 Å². The van der Waals surface area contributed by atoms with Gasteiger partial charge in [-0.25, -0.2) is 0 Å². The van der Waals surface area contributed by atoms with E-state index < -0.39 is 11.9 Å². The van der Waals surface area contributed by atoms with E-state index in [2.05, 4.69) is 6.07 Å². The average Bonchev–Trinajstić information content (AvgIpc) is 2.14. The molecule has 0 aromatic carbocycles. The molecule has 1 atom stereocenters. The molecule has 4 saturated carbocycles. The number of hydrogen-bond acceptors (Lipinski definition) is 2. The van der Waals surface area contributed by atoms with Gasteiger partial charge in [0, 0.05) is 0 Å². The zero-order valence-electron chi connectivity index (χ0n) is 9.35. The molecule has 4 rings (SSSR count). The quantitative estimate of drug-likeness (QED) is 0.775. The van der Waals surface area contributed by atoms with Crippen molar-refractivity contribution in [3.05, 3.63) is 0 Å². The van der Waals surface area contributed by atoms with Crippen molar-refractivity contribution in [2.45, 2.75) is 38.5 Å². The Morgan fingerprint density at radius 2 is 1.62 bits per heavy atom. The van der Waals surface area contributed by atoms with Gasteiger partial charge in [0.05, 0.1) is 6.07 Å². The minimum atomic E-state index is -0.899. The third kappa shape index (κ3) is 1.29. The Balaban J connectivity index is 1.93. The first-order valence-electron chi connectivity index (χ1n) is 6.25. The standard InChI is InChI=1S/C13H17NO2/c14-7-11(12(15)16)13-4-8-1-9(5-13)3-10(2-8)6-13/h8-11H,1-6H2,(H,15,16). The zero-order chi connectivity index (χ0) is 11.3. The summed E-state index contributed by atoms with van der Waals surface area (Å²) >= 11 is 0. The van der Waals surface area contributed by atoms with E-state index in [9.17, 15) is 9.90 Å². The second-order valence-corrected chi connectivity index (χ2v) is 6.18. The highest BCUT2D eigenvalue weighted by atomic mass is 16.4. The van der Waals surface area contributed by atoms with Crippen molar-refractivity contribution in [1.29, 1.82) is 5.26 Å². The van der Waals surface area contributed by atoms with Crippen LogP contribution in [0, 0.1) is 40.4 Å². The first-order valence-corrected chi connectivity index (χ1v) is 6.25. The molecule has 3 nitrogen and oxygen atoms in total. The lowest BCUT2D eigenvalue weighted by molar-refractivity contribution is -0.152. The van der Waals surface area contributed by atoms with E-state index in [0.29, 0.717) is 17.8 Å². The average molecular weight is 219 g/mol. The SMILES string of the molecule is N#CC(C(=O)O)C12CC3CC(CC(C3)C1)C2. The van der Waals surface area contributed by atoms with Crippen molar-refractivity contribution < 1.29 is 9.90 Å². The summed E-state index contributed by atoms with van der Waals surface area (Å²) in [5, 5.41) is 18.3. The normalized spacial score (nSPS) is 46.3. The molecule has 0 amide bonds. The molecule has 4 bridgehead atoms. The number of nitrogens with zero attached hydrogens (tertiary/aromatic N) is 1. The van der Waals surface area contributed by atoms with E-state index in [1.807, 2.05) is 0 Å². The van der Waals surface area contributed by atoms with Gasteiger partial charge in [0.15, 0.2) is 0 Å². The van der Waals surface area contributed by atoms with Crippen molar-refractivity contribution in [2.24, 2.45) is 29.1 Å². The van der Waals surface area contributed by atoms with E-state index >= 15 is 0 Å². The maximum atomic E-state index is 11.2. The van der Waals surface area contributed by atoms with Gasteiger partial charge in [-0.2, -0.15) is 5.26 Å². The summed E-state index contributed by atoms with van der Waals surface area (Å²) in [6, 6.07) is 2.06. The molecule has 4 aliphatic carbocycles. The molecule has 0 spiro atoms. The van der Waals surface area contributed by atoms with Gasteiger partial charge in [-0.1, -0.05) is 0 Å². The van der Waals surface area contributed by atoms with Gasteiger partial charge in [-0.15, -0.1) is 0 Å². The molecule has 3 heteroatoms. The van der Waals surface area contributed by atoms with Crippen LogP contribution in [0.3, 0.4) is 0 Å². The lowest BCUT2D eigenvalue weighted by Crippen LogP contribution is -2.51. The van der Waals surface area contributed by atoms with Crippen LogP contribution in [-0.4, -0.2) is 11.1 Å².